The third-order valence-corrected chi connectivity index (χ3v) is 8.33. The molecule has 206 valence electrons. The van der Waals surface area contributed by atoms with Gasteiger partial charge in [0.1, 0.15) is 17.7 Å². The number of halogens is 3. The zero-order valence-corrected chi connectivity index (χ0v) is 21.9. The smallest absolute Gasteiger partial charge is 0.389 e. The molecule has 39 heavy (non-hydrogen) atoms. The maximum atomic E-state index is 14.3. The van der Waals surface area contributed by atoms with Gasteiger partial charge < -0.3 is 14.7 Å². The Balaban J connectivity index is 1.44. The molecule has 4 aromatic rings. The lowest BCUT2D eigenvalue weighted by Gasteiger charge is -2.41. The van der Waals surface area contributed by atoms with Gasteiger partial charge in [0.15, 0.2) is 0 Å². The van der Waals surface area contributed by atoms with Crippen LogP contribution in [0.25, 0.3) is 16.6 Å². The Labute approximate surface area is 223 Å². The molecule has 1 saturated carbocycles. The van der Waals surface area contributed by atoms with E-state index < -0.39 is 28.3 Å². The summed E-state index contributed by atoms with van der Waals surface area (Å²) in [5.41, 5.74) is -0.975. The zero-order chi connectivity index (χ0) is 27.6. The number of rotatable bonds is 5. The van der Waals surface area contributed by atoms with Crippen LogP contribution in [0.5, 0.6) is 0 Å². The number of piperidine rings is 1. The Hall–Kier alpha value is -3.44. The van der Waals surface area contributed by atoms with Gasteiger partial charge in [0.05, 0.1) is 16.6 Å². The number of fused-ring (bicyclic) bond motifs is 1. The first-order valence-corrected chi connectivity index (χ1v) is 13.2. The lowest BCUT2D eigenvalue weighted by molar-refractivity contribution is -0.136. The molecule has 0 radical (unpaired) electrons. The number of likely N-dealkylation sites (tertiary alicyclic amines) is 1. The highest BCUT2D eigenvalue weighted by Gasteiger charge is 2.44. The number of aromatic nitrogens is 5. The van der Waals surface area contributed by atoms with Crippen LogP contribution in [0.15, 0.2) is 47.7 Å². The van der Waals surface area contributed by atoms with Gasteiger partial charge in [0.2, 0.25) is 0 Å². The molecule has 8 nitrogen and oxygen atoms in total. The molecule has 1 aromatic carbocycles. The quantitative estimate of drug-likeness (QED) is 0.394. The fourth-order valence-electron chi connectivity index (χ4n) is 6.31. The summed E-state index contributed by atoms with van der Waals surface area (Å²) in [5, 5.41) is 18.6. The van der Waals surface area contributed by atoms with Gasteiger partial charge >= 0.3 is 6.18 Å². The molecule has 4 heterocycles. The van der Waals surface area contributed by atoms with Gasteiger partial charge in [-0.05, 0) is 62.9 Å². The van der Waals surface area contributed by atoms with Gasteiger partial charge in [-0.25, -0.2) is 0 Å². The minimum Gasteiger partial charge on any atom is -0.389 e. The highest BCUT2D eigenvalue weighted by molar-refractivity contribution is 5.84. The number of hydrogen-bond acceptors (Lipinski definition) is 5. The van der Waals surface area contributed by atoms with E-state index in [-0.39, 0.29) is 10.9 Å². The highest BCUT2D eigenvalue weighted by atomic mass is 19.4. The number of aliphatic hydroxyl groups is 1. The van der Waals surface area contributed by atoms with Crippen LogP contribution in [0.1, 0.15) is 61.7 Å². The predicted molar refractivity (Wildman–Crippen MR) is 140 cm³/mol. The van der Waals surface area contributed by atoms with E-state index in [0.717, 1.165) is 54.4 Å². The minimum atomic E-state index is -4.66. The molecule has 0 amide bonds. The summed E-state index contributed by atoms with van der Waals surface area (Å²) in [5.74, 6) is 0.801. The molecular formula is C28H31F3N6O2. The molecular weight excluding hydrogens is 509 g/mol. The summed E-state index contributed by atoms with van der Waals surface area (Å²) in [6.07, 6.45) is 2.04. The van der Waals surface area contributed by atoms with Gasteiger partial charge in [-0.15, -0.1) is 10.2 Å². The number of nitrogens with one attached hydrogen (secondary N) is 1. The van der Waals surface area contributed by atoms with Crippen LogP contribution in [0.4, 0.5) is 13.2 Å². The number of aryl methyl sites for hydroxylation is 1. The largest absolute Gasteiger partial charge is 0.418 e. The van der Waals surface area contributed by atoms with Crippen molar-refractivity contribution >= 4 is 10.9 Å². The van der Waals surface area contributed by atoms with Crippen molar-refractivity contribution in [1.29, 1.82) is 0 Å². The molecule has 2 fully saturated rings. The number of hydrogen-bond donors (Lipinski definition) is 2. The van der Waals surface area contributed by atoms with Gasteiger partial charge in [-0.3, -0.25) is 14.3 Å². The second kappa shape index (κ2) is 9.06. The van der Waals surface area contributed by atoms with Crippen LogP contribution in [0, 0.1) is 0 Å². The number of alkyl halides is 3. The number of benzene rings is 1. The summed E-state index contributed by atoms with van der Waals surface area (Å²) >= 11 is 0. The van der Waals surface area contributed by atoms with Crippen molar-refractivity contribution in [1.82, 2.24) is 29.2 Å². The fraction of sp³-hybridized carbons (Fsp3) is 0.464. The number of aromatic amines is 1. The first kappa shape index (κ1) is 25.8. The van der Waals surface area contributed by atoms with E-state index >= 15 is 0 Å². The minimum absolute atomic E-state index is 0.0827. The standard InChI is InChI=1S/C28H31F3N6O2/c1-26(39)8-5-11-36(16-26)14-19-13-21-22(28(29,30)31)15-37(24(38)23(21)33-19)20-7-3-6-18(12-20)27(9-4-10-27)25-34-32-17-35(25)2/h3,6-7,12-13,15,17,33,39H,4-5,8-11,14,16H2,1-2H3/t26-/m1/s1. The summed E-state index contributed by atoms with van der Waals surface area (Å²) in [4.78, 5) is 18.6. The molecule has 1 aliphatic heterocycles. The third-order valence-electron chi connectivity index (χ3n) is 8.33. The van der Waals surface area contributed by atoms with Crippen LogP contribution in [-0.4, -0.2) is 53.0 Å². The van der Waals surface area contributed by atoms with Crippen molar-refractivity contribution in [2.75, 3.05) is 13.1 Å². The Morgan fingerprint density at radius 1 is 1.15 bits per heavy atom. The molecule has 1 aliphatic carbocycles. The van der Waals surface area contributed by atoms with Crippen LogP contribution < -0.4 is 5.56 Å². The molecule has 2 aliphatic rings. The molecule has 0 bridgehead atoms. The van der Waals surface area contributed by atoms with E-state index in [1.54, 1.807) is 31.5 Å². The molecule has 3 aromatic heterocycles. The number of β-amino-alcohol motifs (C(OH)–C–C–N with tert-alkyl or cyclic N) is 1. The van der Waals surface area contributed by atoms with Crippen molar-refractivity contribution < 1.29 is 18.3 Å². The average molecular weight is 541 g/mol. The molecule has 11 heteroatoms. The van der Waals surface area contributed by atoms with Crippen molar-refractivity contribution in [3.8, 4) is 5.69 Å². The SMILES string of the molecule is Cn1cnnc1C1(c2cccc(-n3cc(C(F)(F)F)c4cc(CN5CCC[C@@](C)(O)C5)[nH]c4c3=O)c2)CCC1. The molecule has 2 N–H and O–H groups in total. The molecule has 1 atom stereocenters. The molecule has 6 rings (SSSR count). The fourth-order valence-corrected chi connectivity index (χ4v) is 6.31. The number of nitrogens with zero attached hydrogens (tertiary/aromatic N) is 5. The second-order valence-corrected chi connectivity index (χ2v) is 11.4. The molecule has 0 spiro atoms. The number of H-pyrrole nitrogens is 1. The van der Waals surface area contributed by atoms with E-state index in [1.165, 1.54) is 6.07 Å². The van der Waals surface area contributed by atoms with Crippen molar-refractivity contribution in [2.24, 2.45) is 7.05 Å². The monoisotopic (exact) mass is 540 g/mol. The average Bonchev–Trinajstić information content (AvgIpc) is 3.44. The Morgan fingerprint density at radius 2 is 1.95 bits per heavy atom. The molecule has 0 unspecified atom stereocenters. The Morgan fingerprint density at radius 3 is 2.59 bits per heavy atom. The van der Waals surface area contributed by atoms with Crippen LogP contribution in [0.3, 0.4) is 0 Å². The predicted octanol–water partition coefficient (Wildman–Crippen LogP) is 4.28. The van der Waals surface area contributed by atoms with Gasteiger partial charge in [-0.1, -0.05) is 18.6 Å². The second-order valence-electron chi connectivity index (χ2n) is 11.4. The number of pyridine rings is 1. The summed E-state index contributed by atoms with van der Waals surface area (Å²) in [6.45, 7) is 3.22. The Kier molecular flexibility index (Phi) is 5.99. The van der Waals surface area contributed by atoms with Gasteiger partial charge in [0.25, 0.3) is 5.56 Å². The van der Waals surface area contributed by atoms with E-state index in [4.69, 9.17) is 0 Å². The van der Waals surface area contributed by atoms with Crippen molar-refractivity contribution in [3.63, 3.8) is 0 Å². The van der Waals surface area contributed by atoms with Crippen LogP contribution in [0.2, 0.25) is 0 Å². The lowest BCUT2D eigenvalue weighted by atomic mass is 9.63. The van der Waals surface area contributed by atoms with E-state index in [9.17, 15) is 23.1 Å². The zero-order valence-electron chi connectivity index (χ0n) is 21.9. The first-order chi connectivity index (χ1) is 18.5. The maximum Gasteiger partial charge on any atom is 0.418 e. The maximum absolute atomic E-state index is 14.3. The van der Waals surface area contributed by atoms with Gasteiger partial charge in [0, 0.05) is 43.1 Å². The summed E-state index contributed by atoms with van der Waals surface area (Å²) in [7, 11) is 1.88. The lowest BCUT2D eigenvalue weighted by Crippen LogP contribution is -2.45. The Bertz CT molecular complexity index is 1590. The van der Waals surface area contributed by atoms with E-state index in [2.05, 4.69) is 15.2 Å². The van der Waals surface area contributed by atoms with Crippen molar-refractivity contribution in [2.45, 2.75) is 62.8 Å². The molecule has 1 saturated heterocycles. The normalized spacial score (nSPS) is 21.8. The third kappa shape index (κ3) is 4.47. The summed E-state index contributed by atoms with van der Waals surface area (Å²) in [6, 6.07) is 8.57. The van der Waals surface area contributed by atoms with E-state index in [0.29, 0.717) is 30.9 Å². The summed E-state index contributed by atoms with van der Waals surface area (Å²) < 4.78 is 45.8. The van der Waals surface area contributed by atoms with E-state index in [1.807, 2.05) is 22.6 Å². The topological polar surface area (TPSA) is 92.0 Å². The van der Waals surface area contributed by atoms with Crippen LogP contribution in [-0.2, 0) is 25.2 Å². The van der Waals surface area contributed by atoms with Crippen molar-refractivity contribution in [3.05, 3.63) is 75.9 Å². The first-order valence-electron chi connectivity index (χ1n) is 13.2. The van der Waals surface area contributed by atoms with Gasteiger partial charge in [-0.2, -0.15) is 13.2 Å². The highest BCUT2D eigenvalue weighted by Crippen LogP contribution is 2.48. The van der Waals surface area contributed by atoms with Crippen LogP contribution >= 0.6 is 0 Å².